The highest BCUT2D eigenvalue weighted by Gasteiger charge is 2.47. The number of carbonyl (C=O) groups is 2. The number of hydrazine groups is 1. The zero-order valence-electron chi connectivity index (χ0n) is 16.1. The van der Waals surface area contributed by atoms with Crippen LogP contribution in [0.5, 0.6) is 0 Å². The predicted octanol–water partition coefficient (Wildman–Crippen LogP) is 4.15. The standard InChI is InChI=1S/C23H16Cl2FN3O2/c24-17-9-6-16(19(25)12-17)13-29-21(14-4-2-1-3-5-14)20(23(31)28-29)27-22(30)15-7-10-18(26)11-8-15/h1-13,20-21H,(H-,27,28,30,31)/p+1/b29-13-/t20-,21+/m1/s1. The number of halogens is 3. The number of hydrazone groups is 1. The Morgan fingerprint density at radius 1 is 1.03 bits per heavy atom. The van der Waals surface area contributed by atoms with Gasteiger partial charge in [0, 0.05) is 16.1 Å². The minimum Gasteiger partial charge on any atom is -0.334 e. The van der Waals surface area contributed by atoms with Crippen molar-refractivity contribution in [1.82, 2.24) is 10.7 Å². The van der Waals surface area contributed by atoms with Gasteiger partial charge in [0.05, 0.1) is 10.6 Å². The summed E-state index contributed by atoms with van der Waals surface area (Å²) in [6.07, 6.45) is 1.69. The van der Waals surface area contributed by atoms with E-state index in [-0.39, 0.29) is 11.5 Å². The van der Waals surface area contributed by atoms with Crippen molar-refractivity contribution in [3.8, 4) is 0 Å². The van der Waals surface area contributed by atoms with Gasteiger partial charge in [-0.15, -0.1) is 10.1 Å². The average Bonchev–Trinajstić information content (AvgIpc) is 3.06. The number of hydrogen-bond donors (Lipinski definition) is 2. The highest BCUT2D eigenvalue weighted by atomic mass is 35.5. The van der Waals surface area contributed by atoms with E-state index in [2.05, 4.69) is 10.7 Å². The molecule has 8 heteroatoms. The molecule has 4 rings (SSSR count). The zero-order chi connectivity index (χ0) is 22.0. The third kappa shape index (κ3) is 4.60. The molecule has 5 nitrogen and oxygen atoms in total. The van der Waals surface area contributed by atoms with E-state index in [1.54, 1.807) is 29.1 Å². The molecule has 0 unspecified atom stereocenters. The first-order valence-electron chi connectivity index (χ1n) is 9.42. The SMILES string of the molecule is O=C(N[C@H]1C(=O)N/[N+](=C\c2ccc(Cl)cc2Cl)[C@H]1c1ccccc1)c1ccc(F)cc1. The molecule has 1 aliphatic rings. The van der Waals surface area contributed by atoms with Crippen LogP contribution in [0.15, 0.2) is 72.8 Å². The molecule has 1 fully saturated rings. The van der Waals surface area contributed by atoms with E-state index >= 15 is 0 Å². The van der Waals surface area contributed by atoms with Crippen molar-refractivity contribution in [2.75, 3.05) is 0 Å². The van der Waals surface area contributed by atoms with E-state index in [1.807, 2.05) is 30.3 Å². The quantitative estimate of drug-likeness (QED) is 0.579. The number of rotatable bonds is 4. The van der Waals surface area contributed by atoms with Gasteiger partial charge < -0.3 is 5.32 Å². The summed E-state index contributed by atoms with van der Waals surface area (Å²) in [5, 5.41) is 3.68. The van der Waals surface area contributed by atoms with Gasteiger partial charge in [-0.25, -0.2) is 4.39 Å². The van der Waals surface area contributed by atoms with Crippen molar-refractivity contribution in [3.05, 3.63) is 105 Å². The lowest BCUT2D eigenvalue weighted by atomic mass is 10.00. The topological polar surface area (TPSA) is 61.2 Å². The maximum absolute atomic E-state index is 13.2. The van der Waals surface area contributed by atoms with Gasteiger partial charge in [0.15, 0.2) is 6.04 Å². The molecule has 3 aromatic rings. The molecule has 0 bridgehead atoms. The minimum absolute atomic E-state index is 0.254. The van der Waals surface area contributed by atoms with Crippen molar-refractivity contribution in [1.29, 1.82) is 0 Å². The molecule has 0 aromatic heterocycles. The van der Waals surface area contributed by atoms with Crippen LogP contribution in [0, 0.1) is 5.82 Å². The number of benzene rings is 3. The van der Waals surface area contributed by atoms with Crippen LogP contribution in [0.3, 0.4) is 0 Å². The van der Waals surface area contributed by atoms with Gasteiger partial charge in [-0.05, 0) is 42.5 Å². The lowest BCUT2D eigenvalue weighted by Gasteiger charge is -2.14. The maximum Gasteiger partial charge on any atom is 0.304 e. The van der Waals surface area contributed by atoms with E-state index in [0.717, 1.165) is 5.56 Å². The Labute approximate surface area is 188 Å². The van der Waals surface area contributed by atoms with Gasteiger partial charge in [0.2, 0.25) is 12.3 Å². The van der Waals surface area contributed by atoms with E-state index < -0.39 is 23.8 Å². The molecular formula is C23H17Cl2FN3O2+. The fraction of sp³-hybridized carbons (Fsp3) is 0.0870. The van der Waals surface area contributed by atoms with Crippen molar-refractivity contribution >= 4 is 41.2 Å². The molecule has 2 atom stereocenters. The number of nitrogens with one attached hydrogen (secondary N) is 2. The minimum atomic E-state index is -0.887. The van der Waals surface area contributed by atoms with Gasteiger partial charge in [-0.2, -0.15) is 0 Å². The van der Waals surface area contributed by atoms with Crippen LogP contribution in [0.2, 0.25) is 10.0 Å². The molecular weight excluding hydrogens is 440 g/mol. The summed E-state index contributed by atoms with van der Waals surface area (Å²) in [5.41, 5.74) is 4.50. The van der Waals surface area contributed by atoms with Crippen LogP contribution in [0.25, 0.3) is 0 Å². The fourth-order valence-corrected chi connectivity index (χ4v) is 3.87. The van der Waals surface area contributed by atoms with Crippen molar-refractivity contribution < 1.29 is 18.7 Å². The third-order valence-electron chi connectivity index (χ3n) is 4.91. The maximum atomic E-state index is 13.2. The smallest absolute Gasteiger partial charge is 0.304 e. The molecule has 3 aromatic carbocycles. The summed E-state index contributed by atoms with van der Waals surface area (Å²) in [6.45, 7) is 0. The molecule has 31 heavy (non-hydrogen) atoms. The summed E-state index contributed by atoms with van der Waals surface area (Å²) in [5.74, 6) is -1.31. The lowest BCUT2D eigenvalue weighted by Crippen LogP contribution is -2.42. The molecule has 1 heterocycles. The molecule has 2 N–H and O–H groups in total. The fourth-order valence-electron chi connectivity index (χ4n) is 3.41. The van der Waals surface area contributed by atoms with Crippen molar-refractivity contribution in [2.24, 2.45) is 0 Å². The Kier molecular flexibility index (Phi) is 6.02. The average molecular weight is 457 g/mol. The second-order valence-corrected chi connectivity index (χ2v) is 7.84. The number of nitrogens with zero attached hydrogens (tertiary/aromatic N) is 1. The summed E-state index contributed by atoms with van der Waals surface area (Å²) in [6, 6.07) is 18.1. The van der Waals surface area contributed by atoms with E-state index in [1.165, 1.54) is 24.3 Å². The van der Waals surface area contributed by atoms with Gasteiger partial charge in [-0.3, -0.25) is 9.59 Å². The first-order valence-corrected chi connectivity index (χ1v) is 10.2. The predicted molar refractivity (Wildman–Crippen MR) is 117 cm³/mol. The second kappa shape index (κ2) is 8.88. The second-order valence-electron chi connectivity index (χ2n) is 6.99. The molecule has 0 saturated carbocycles. The van der Waals surface area contributed by atoms with Gasteiger partial charge in [-0.1, -0.05) is 53.5 Å². The zero-order valence-corrected chi connectivity index (χ0v) is 17.6. The van der Waals surface area contributed by atoms with Crippen LogP contribution in [-0.4, -0.2) is 28.8 Å². The Morgan fingerprint density at radius 2 is 1.74 bits per heavy atom. The molecule has 1 aliphatic heterocycles. The lowest BCUT2D eigenvalue weighted by molar-refractivity contribution is -0.596. The molecule has 2 amide bonds. The highest BCUT2D eigenvalue weighted by molar-refractivity contribution is 6.36. The summed E-state index contributed by atoms with van der Waals surface area (Å²) >= 11 is 12.3. The van der Waals surface area contributed by atoms with E-state index in [0.29, 0.717) is 15.6 Å². The summed E-state index contributed by atoms with van der Waals surface area (Å²) in [7, 11) is 0. The number of carbonyl (C=O) groups excluding carboxylic acids is 2. The summed E-state index contributed by atoms with van der Waals surface area (Å²) in [4.78, 5) is 25.5. The normalized spacial score (nSPS) is 19.3. The monoisotopic (exact) mass is 456 g/mol. The molecule has 0 radical (unpaired) electrons. The van der Waals surface area contributed by atoms with Gasteiger partial charge in [0.1, 0.15) is 5.82 Å². The van der Waals surface area contributed by atoms with Crippen LogP contribution in [0.4, 0.5) is 4.39 Å². The van der Waals surface area contributed by atoms with E-state index in [9.17, 15) is 14.0 Å². The largest absolute Gasteiger partial charge is 0.334 e. The Hall–Kier alpha value is -3.22. The van der Waals surface area contributed by atoms with Crippen LogP contribution in [0.1, 0.15) is 27.5 Å². The van der Waals surface area contributed by atoms with Crippen LogP contribution >= 0.6 is 23.2 Å². The first-order chi connectivity index (χ1) is 14.9. The third-order valence-corrected chi connectivity index (χ3v) is 5.47. The molecule has 1 saturated heterocycles. The molecule has 0 spiro atoms. The van der Waals surface area contributed by atoms with Gasteiger partial charge in [0.25, 0.3) is 5.91 Å². The van der Waals surface area contributed by atoms with Crippen molar-refractivity contribution in [2.45, 2.75) is 12.1 Å². The van der Waals surface area contributed by atoms with Crippen LogP contribution < -0.4 is 10.7 Å². The Bertz CT molecular complexity index is 1170. The van der Waals surface area contributed by atoms with Crippen molar-refractivity contribution in [3.63, 3.8) is 0 Å². The highest BCUT2D eigenvalue weighted by Crippen LogP contribution is 2.26. The Morgan fingerprint density at radius 3 is 2.42 bits per heavy atom. The first kappa shape index (κ1) is 21.0. The molecule has 156 valence electrons. The number of hydrogen-bond acceptors (Lipinski definition) is 2. The van der Waals surface area contributed by atoms with E-state index in [4.69, 9.17) is 23.2 Å². The molecule has 0 aliphatic carbocycles. The van der Waals surface area contributed by atoms with Gasteiger partial charge >= 0.3 is 5.91 Å². The van der Waals surface area contributed by atoms with Crippen LogP contribution in [-0.2, 0) is 4.79 Å². The Balaban J connectivity index is 1.70. The summed E-state index contributed by atoms with van der Waals surface area (Å²) < 4.78 is 14.8. The number of amides is 2.